The highest BCUT2D eigenvalue weighted by atomic mass is 32.2. The van der Waals surface area contributed by atoms with Gasteiger partial charge in [0.1, 0.15) is 10.6 Å². The minimum Gasteiger partial charge on any atom is -0.497 e. The van der Waals surface area contributed by atoms with Crippen molar-refractivity contribution < 1.29 is 22.7 Å². The summed E-state index contributed by atoms with van der Waals surface area (Å²) in [6.07, 6.45) is 5.13. The molecule has 32 heavy (non-hydrogen) atoms. The molecule has 1 aliphatic heterocycles. The van der Waals surface area contributed by atoms with E-state index in [2.05, 4.69) is 15.6 Å². The van der Waals surface area contributed by atoms with E-state index in [1.165, 1.54) is 16.6 Å². The maximum atomic E-state index is 12.8. The van der Waals surface area contributed by atoms with Crippen molar-refractivity contribution in [2.75, 3.05) is 31.3 Å². The average Bonchev–Trinajstić information content (AvgIpc) is 3.09. The number of nitrogens with one attached hydrogen (secondary N) is 2. The number of urea groups is 1. The molecule has 0 atom stereocenters. The van der Waals surface area contributed by atoms with Crippen molar-refractivity contribution in [2.24, 2.45) is 0 Å². The van der Waals surface area contributed by atoms with E-state index >= 15 is 0 Å². The molecular formula is C21H26N4O5S2. The van der Waals surface area contributed by atoms with Gasteiger partial charge in [-0.3, -0.25) is 10.1 Å². The second-order valence-corrected chi connectivity index (χ2v) is 10.1. The fourth-order valence-corrected chi connectivity index (χ4v) is 5.28. The molecule has 1 fully saturated rings. The second kappa shape index (κ2) is 11.3. The highest BCUT2D eigenvalue weighted by molar-refractivity contribution is 7.99. The molecule has 2 aromatic rings. The van der Waals surface area contributed by atoms with Crippen molar-refractivity contribution in [3.63, 3.8) is 0 Å². The maximum Gasteiger partial charge on any atom is 0.325 e. The summed E-state index contributed by atoms with van der Waals surface area (Å²) in [6.45, 7) is 1.05. The minimum atomic E-state index is -3.56. The Bertz CT molecular complexity index is 1020. The van der Waals surface area contributed by atoms with E-state index < -0.39 is 22.0 Å². The van der Waals surface area contributed by atoms with Crippen LogP contribution >= 0.6 is 11.8 Å². The summed E-state index contributed by atoms with van der Waals surface area (Å²) in [5.41, 5.74) is 0.520. The van der Waals surface area contributed by atoms with Crippen LogP contribution in [-0.4, -0.2) is 55.6 Å². The molecule has 2 N–H and O–H groups in total. The van der Waals surface area contributed by atoms with E-state index in [4.69, 9.17) is 4.74 Å². The van der Waals surface area contributed by atoms with Gasteiger partial charge in [0.2, 0.25) is 15.9 Å². The summed E-state index contributed by atoms with van der Waals surface area (Å²) in [5, 5.41) is 5.29. The fourth-order valence-electron chi connectivity index (χ4n) is 3.17. The summed E-state index contributed by atoms with van der Waals surface area (Å²) in [5.74, 6) is 0.117. The Hall–Kier alpha value is -2.63. The first-order valence-corrected chi connectivity index (χ1v) is 12.6. The van der Waals surface area contributed by atoms with Crippen molar-refractivity contribution in [2.45, 2.75) is 35.6 Å². The lowest BCUT2D eigenvalue weighted by Crippen LogP contribution is -2.35. The van der Waals surface area contributed by atoms with Crippen molar-refractivity contribution in [3.8, 4) is 5.75 Å². The smallest absolute Gasteiger partial charge is 0.325 e. The van der Waals surface area contributed by atoms with E-state index in [1.54, 1.807) is 37.4 Å². The zero-order valence-corrected chi connectivity index (χ0v) is 19.4. The predicted octanol–water partition coefficient (Wildman–Crippen LogP) is 3.10. The van der Waals surface area contributed by atoms with Gasteiger partial charge in [-0.2, -0.15) is 4.31 Å². The molecule has 11 heteroatoms. The largest absolute Gasteiger partial charge is 0.497 e. The molecule has 1 aromatic carbocycles. The number of benzene rings is 1. The molecule has 0 radical (unpaired) electrons. The zero-order valence-electron chi connectivity index (χ0n) is 17.7. The Labute approximate surface area is 192 Å². The molecule has 1 aliphatic rings. The molecule has 172 valence electrons. The molecule has 1 saturated heterocycles. The zero-order chi connectivity index (χ0) is 23.0. The van der Waals surface area contributed by atoms with Crippen LogP contribution in [0.2, 0.25) is 0 Å². The third-order valence-electron chi connectivity index (χ3n) is 4.86. The molecule has 0 aliphatic carbocycles. The number of hydrogen-bond acceptors (Lipinski definition) is 7. The molecular weight excluding hydrogens is 452 g/mol. The van der Waals surface area contributed by atoms with E-state index in [9.17, 15) is 18.0 Å². The molecule has 1 aromatic heterocycles. The number of amides is 3. The van der Waals surface area contributed by atoms with Crippen molar-refractivity contribution in [3.05, 3.63) is 42.6 Å². The van der Waals surface area contributed by atoms with Gasteiger partial charge in [-0.15, -0.1) is 0 Å². The highest BCUT2D eigenvalue weighted by Crippen LogP contribution is 2.22. The number of sulfonamides is 1. The minimum absolute atomic E-state index is 0.0404. The van der Waals surface area contributed by atoms with Crippen LogP contribution in [0.3, 0.4) is 0 Å². The van der Waals surface area contributed by atoms with Gasteiger partial charge in [0.15, 0.2) is 0 Å². The second-order valence-electron chi connectivity index (χ2n) is 7.17. The van der Waals surface area contributed by atoms with E-state index in [0.29, 0.717) is 29.6 Å². The number of thioether (sulfide) groups is 1. The number of hydrogen-bond donors (Lipinski definition) is 2. The molecule has 3 amide bonds. The standard InChI is InChI=1S/C21H26N4O5S2/c1-30-17-8-6-16(7-9-17)23-21(27)24-19(26)15-31-20-11-10-18(14-22-20)32(28,29)25-12-4-2-3-5-13-25/h6-11,14H,2-5,12-13,15H2,1H3,(H2,23,24,26,27). The Morgan fingerprint density at radius 3 is 2.34 bits per heavy atom. The number of carbonyl (C=O) groups is 2. The highest BCUT2D eigenvalue weighted by Gasteiger charge is 2.25. The SMILES string of the molecule is COc1ccc(NC(=O)NC(=O)CSc2ccc(S(=O)(=O)N3CCCCCC3)cn2)cc1. The molecule has 0 unspecified atom stereocenters. The number of carbonyl (C=O) groups excluding carboxylic acids is 2. The first-order chi connectivity index (χ1) is 15.4. The first kappa shape index (κ1) is 24.0. The van der Waals surface area contributed by atoms with Crippen molar-refractivity contribution in [1.29, 1.82) is 0 Å². The lowest BCUT2D eigenvalue weighted by Gasteiger charge is -2.19. The van der Waals surface area contributed by atoms with Crippen molar-refractivity contribution in [1.82, 2.24) is 14.6 Å². The predicted molar refractivity (Wildman–Crippen MR) is 122 cm³/mol. The summed E-state index contributed by atoms with van der Waals surface area (Å²) in [4.78, 5) is 28.3. The topological polar surface area (TPSA) is 118 Å². The van der Waals surface area contributed by atoms with Crippen LogP contribution in [0.25, 0.3) is 0 Å². The molecule has 2 heterocycles. The molecule has 0 saturated carbocycles. The van der Waals surface area contributed by atoms with Crippen LogP contribution < -0.4 is 15.4 Å². The number of imide groups is 1. The summed E-state index contributed by atoms with van der Waals surface area (Å²) in [7, 11) is -2.02. The van der Waals surface area contributed by atoms with Gasteiger partial charge in [-0.25, -0.2) is 18.2 Å². The quantitative estimate of drug-likeness (QED) is 0.587. The fraction of sp³-hybridized carbons (Fsp3) is 0.381. The van der Waals surface area contributed by atoms with Crippen LogP contribution in [0.1, 0.15) is 25.7 Å². The number of pyridine rings is 1. The Balaban J connectivity index is 1.48. The van der Waals surface area contributed by atoms with E-state index in [0.717, 1.165) is 37.4 Å². The summed E-state index contributed by atoms with van der Waals surface area (Å²) >= 11 is 1.11. The van der Waals surface area contributed by atoms with Gasteiger partial charge in [0.25, 0.3) is 0 Å². The first-order valence-electron chi connectivity index (χ1n) is 10.2. The number of ether oxygens (including phenoxy) is 1. The molecule has 0 spiro atoms. The van der Waals surface area contributed by atoms with Crippen LogP contribution in [0, 0.1) is 0 Å². The normalized spacial score (nSPS) is 14.9. The average molecular weight is 479 g/mol. The third kappa shape index (κ3) is 6.68. The van der Waals surface area contributed by atoms with Crippen LogP contribution in [-0.2, 0) is 14.8 Å². The molecule has 9 nitrogen and oxygen atoms in total. The lowest BCUT2D eigenvalue weighted by molar-refractivity contribution is -0.117. The maximum absolute atomic E-state index is 12.8. The van der Waals surface area contributed by atoms with Crippen LogP contribution in [0.5, 0.6) is 5.75 Å². The monoisotopic (exact) mass is 478 g/mol. The Kier molecular flexibility index (Phi) is 8.48. The van der Waals surface area contributed by atoms with Crippen LogP contribution in [0.15, 0.2) is 52.5 Å². The van der Waals surface area contributed by atoms with Crippen LogP contribution in [0.4, 0.5) is 10.5 Å². The van der Waals surface area contributed by atoms with Gasteiger partial charge in [-0.05, 0) is 49.2 Å². The summed E-state index contributed by atoms with van der Waals surface area (Å²) < 4.78 is 32.1. The van der Waals surface area contributed by atoms with Gasteiger partial charge >= 0.3 is 6.03 Å². The van der Waals surface area contributed by atoms with Gasteiger partial charge in [-0.1, -0.05) is 24.6 Å². The Morgan fingerprint density at radius 1 is 1.06 bits per heavy atom. The third-order valence-corrected chi connectivity index (χ3v) is 7.69. The molecule has 3 rings (SSSR count). The summed E-state index contributed by atoms with van der Waals surface area (Å²) in [6, 6.07) is 9.12. The van der Waals surface area contributed by atoms with Gasteiger partial charge in [0, 0.05) is 25.0 Å². The molecule has 0 bridgehead atoms. The number of methoxy groups -OCH3 is 1. The van der Waals surface area contributed by atoms with Crippen molar-refractivity contribution >= 4 is 39.4 Å². The van der Waals surface area contributed by atoms with Gasteiger partial charge < -0.3 is 10.1 Å². The number of nitrogens with zero attached hydrogens (tertiary/aromatic N) is 2. The number of rotatable bonds is 7. The van der Waals surface area contributed by atoms with Gasteiger partial charge in [0.05, 0.1) is 17.9 Å². The Morgan fingerprint density at radius 2 is 1.75 bits per heavy atom. The van der Waals surface area contributed by atoms with E-state index in [1.807, 2.05) is 0 Å². The van der Waals surface area contributed by atoms with E-state index in [-0.39, 0.29) is 10.6 Å². The number of aromatic nitrogens is 1. The lowest BCUT2D eigenvalue weighted by atomic mass is 10.2. The number of anilines is 1.